The van der Waals surface area contributed by atoms with Gasteiger partial charge in [0.2, 0.25) is 5.88 Å². The quantitative estimate of drug-likeness (QED) is 0.623. The molecule has 2 unspecified atom stereocenters. The first-order chi connectivity index (χ1) is 8.36. The fourth-order valence-electron chi connectivity index (χ4n) is 1.36. The molecule has 0 aliphatic rings. The third-order valence-corrected chi connectivity index (χ3v) is 2.31. The normalized spacial score (nSPS) is 13.8. The lowest BCUT2D eigenvalue weighted by Gasteiger charge is -2.15. The molecule has 0 fully saturated rings. The molecule has 18 heavy (non-hydrogen) atoms. The molecule has 3 N–H and O–H groups in total. The molecule has 2 atom stereocenters. The van der Waals surface area contributed by atoms with Crippen LogP contribution in [0.1, 0.15) is 17.4 Å². The number of aliphatic hydroxyl groups excluding tert-OH is 1. The second-order valence-electron chi connectivity index (χ2n) is 3.73. The Hall–Kier alpha value is -2.09. The number of aliphatic hydroxyl groups is 1. The van der Waals surface area contributed by atoms with E-state index in [1.54, 1.807) is 7.05 Å². The summed E-state index contributed by atoms with van der Waals surface area (Å²) in [4.78, 5) is 22.5. The van der Waals surface area contributed by atoms with Crippen LogP contribution in [0.2, 0.25) is 0 Å². The van der Waals surface area contributed by atoms with Crippen LogP contribution in [0.15, 0.2) is 6.07 Å². The Bertz CT molecular complexity index is 454. The molecule has 0 aromatic carbocycles. The maximum absolute atomic E-state index is 11.7. The Balaban J connectivity index is 2.83. The molecule has 100 valence electrons. The zero-order valence-electron chi connectivity index (χ0n) is 10.2. The Labute approximate surface area is 103 Å². The van der Waals surface area contributed by atoms with Crippen molar-refractivity contribution in [3.8, 4) is 5.88 Å². The van der Waals surface area contributed by atoms with Crippen molar-refractivity contribution in [2.75, 3.05) is 7.11 Å². The molecular formula is C10H15N3O5. The molecule has 1 rings (SSSR count). The van der Waals surface area contributed by atoms with Crippen LogP contribution in [0.4, 0.5) is 0 Å². The number of carboxylic acids is 1. The lowest BCUT2D eigenvalue weighted by molar-refractivity contribution is -0.141. The minimum absolute atomic E-state index is 0.0150. The molecule has 1 aromatic heterocycles. The van der Waals surface area contributed by atoms with Crippen LogP contribution in [0.3, 0.4) is 0 Å². The SMILES string of the molecule is COc1cc(C(=O)NC(C(=O)O)C(C)O)nn1C. The predicted molar refractivity (Wildman–Crippen MR) is 60.3 cm³/mol. The first-order valence-corrected chi connectivity index (χ1v) is 5.16. The van der Waals surface area contributed by atoms with E-state index in [9.17, 15) is 14.7 Å². The highest BCUT2D eigenvalue weighted by molar-refractivity contribution is 5.95. The smallest absolute Gasteiger partial charge is 0.328 e. The largest absolute Gasteiger partial charge is 0.481 e. The van der Waals surface area contributed by atoms with Gasteiger partial charge in [-0.05, 0) is 6.92 Å². The second-order valence-corrected chi connectivity index (χ2v) is 3.73. The van der Waals surface area contributed by atoms with E-state index in [4.69, 9.17) is 9.84 Å². The molecule has 0 saturated heterocycles. The summed E-state index contributed by atoms with van der Waals surface area (Å²) in [5, 5.41) is 24.1. The van der Waals surface area contributed by atoms with Crippen molar-refractivity contribution in [2.24, 2.45) is 7.05 Å². The molecule has 0 spiro atoms. The van der Waals surface area contributed by atoms with Gasteiger partial charge in [-0.1, -0.05) is 0 Å². The summed E-state index contributed by atoms with van der Waals surface area (Å²) >= 11 is 0. The maximum atomic E-state index is 11.7. The van der Waals surface area contributed by atoms with Crippen molar-refractivity contribution in [3.63, 3.8) is 0 Å². The van der Waals surface area contributed by atoms with E-state index >= 15 is 0 Å². The number of hydrogen-bond donors (Lipinski definition) is 3. The summed E-state index contributed by atoms with van der Waals surface area (Å²) in [5.41, 5.74) is 0.0150. The van der Waals surface area contributed by atoms with E-state index in [1.807, 2.05) is 0 Å². The summed E-state index contributed by atoms with van der Waals surface area (Å²) < 4.78 is 6.27. The van der Waals surface area contributed by atoms with Gasteiger partial charge in [-0.15, -0.1) is 0 Å². The first kappa shape index (κ1) is 14.0. The van der Waals surface area contributed by atoms with Crippen molar-refractivity contribution in [1.29, 1.82) is 0 Å². The van der Waals surface area contributed by atoms with E-state index in [0.717, 1.165) is 0 Å². The highest BCUT2D eigenvalue weighted by atomic mass is 16.5. The minimum Gasteiger partial charge on any atom is -0.481 e. The lowest BCUT2D eigenvalue weighted by Crippen LogP contribution is -2.47. The molecular weight excluding hydrogens is 242 g/mol. The van der Waals surface area contributed by atoms with Crippen LogP contribution in [-0.2, 0) is 11.8 Å². The number of aromatic nitrogens is 2. The molecule has 0 saturated carbocycles. The number of aliphatic carboxylic acids is 1. The van der Waals surface area contributed by atoms with Crippen molar-refractivity contribution in [1.82, 2.24) is 15.1 Å². The third kappa shape index (κ3) is 2.98. The number of carbonyl (C=O) groups is 2. The van der Waals surface area contributed by atoms with Gasteiger partial charge in [-0.25, -0.2) is 9.48 Å². The molecule has 1 amide bonds. The topological polar surface area (TPSA) is 114 Å². The van der Waals surface area contributed by atoms with Crippen LogP contribution in [0, 0.1) is 0 Å². The van der Waals surface area contributed by atoms with Crippen molar-refractivity contribution >= 4 is 11.9 Å². The monoisotopic (exact) mass is 257 g/mol. The molecule has 1 heterocycles. The summed E-state index contributed by atoms with van der Waals surface area (Å²) in [6.45, 7) is 1.28. The van der Waals surface area contributed by atoms with Gasteiger partial charge in [0, 0.05) is 13.1 Å². The third-order valence-electron chi connectivity index (χ3n) is 2.31. The molecule has 0 aliphatic heterocycles. The first-order valence-electron chi connectivity index (χ1n) is 5.16. The summed E-state index contributed by atoms with van der Waals surface area (Å²) in [6, 6.07) is -0.0125. The van der Waals surface area contributed by atoms with Crippen LogP contribution in [0.25, 0.3) is 0 Å². The number of nitrogens with one attached hydrogen (secondary N) is 1. The number of nitrogens with zero attached hydrogens (tertiary/aromatic N) is 2. The van der Waals surface area contributed by atoms with Gasteiger partial charge < -0.3 is 20.3 Å². The number of amides is 1. The summed E-state index contributed by atoms with van der Waals surface area (Å²) in [6.07, 6.45) is -1.21. The molecule has 0 bridgehead atoms. The van der Waals surface area contributed by atoms with Crippen molar-refractivity contribution < 1.29 is 24.5 Å². The Morgan fingerprint density at radius 2 is 2.17 bits per heavy atom. The molecule has 8 nitrogen and oxygen atoms in total. The average Bonchev–Trinajstić information content (AvgIpc) is 2.66. The van der Waals surface area contributed by atoms with Crippen LogP contribution in [-0.4, -0.2) is 51.1 Å². The number of methoxy groups -OCH3 is 1. The molecule has 0 aliphatic carbocycles. The predicted octanol–water partition coefficient (Wildman–Crippen LogP) is -1.01. The molecule has 1 aromatic rings. The van der Waals surface area contributed by atoms with Gasteiger partial charge in [0.15, 0.2) is 11.7 Å². The zero-order valence-corrected chi connectivity index (χ0v) is 10.2. The van der Waals surface area contributed by atoms with Gasteiger partial charge in [0.1, 0.15) is 0 Å². The standard InChI is InChI=1S/C10H15N3O5/c1-5(14)8(10(16)17)11-9(15)6-4-7(18-3)13(2)12-6/h4-5,8,14H,1-3H3,(H,11,15)(H,16,17). The van der Waals surface area contributed by atoms with Gasteiger partial charge >= 0.3 is 5.97 Å². The Morgan fingerprint density at radius 1 is 1.56 bits per heavy atom. The molecule has 0 radical (unpaired) electrons. The number of hydrogen-bond acceptors (Lipinski definition) is 5. The number of carbonyl (C=O) groups excluding carboxylic acids is 1. The molecule has 8 heteroatoms. The fraction of sp³-hybridized carbons (Fsp3) is 0.500. The number of carboxylic acid groups (broad SMARTS) is 1. The van der Waals surface area contributed by atoms with Gasteiger partial charge in [0.25, 0.3) is 5.91 Å². The van der Waals surface area contributed by atoms with Crippen molar-refractivity contribution in [3.05, 3.63) is 11.8 Å². The number of rotatable bonds is 5. The van der Waals surface area contributed by atoms with Gasteiger partial charge in [0.05, 0.1) is 13.2 Å². The average molecular weight is 257 g/mol. The highest BCUT2D eigenvalue weighted by Gasteiger charge is 2.26. The van der Waals surface area contributed by atoms with Crippen LogP contribution >= 0.6 is 0 Å². The number of ether oxygens (including phenoxy) is 1. The highest BCUT2D eigenvalue weighted by Crippen LogP contribution is 2.11. The zero-order chi connectivity index (χ0) is 13.9. The summed E-state index contributed by atoms with van der Waals surface area (Å²) in [5.74, 6) is -1.65. The summed E-state index contributed by atoms with van der Waals surface area (Å²) in [7, 11) is 3.01. The Morgan fingerprint density at radius 3 is 2.56 bits per heavy atom. The maximum Gasteiger partial charge on any atom is 0.328 e. The van der Waals surface area contributed by atoms with E-state index in [2.05, 4.69) is 10.4 Å². The van der Waals surface area contributed by atoms with E-state index in [1.165, 1.54) is 24.8 Å². The fourth-order valence-corrected chi connectivity index (χ4v) is 1.36. The van der Waals surface area contributed by atoms with Crippen LogP contribution in [0.5, 0.6) is 5.88 Å². The lowest BCUT2D eigenvalue weighted by atomic mass is 10.2. The van der Waals surface area contributed by atoms with Gasteiger partial charge in [-0.2, -0.15) is 5.10 Å². The van der Waals surface area contributed by atoms with Crippen LogP contribution < -0.4 is 10.1 Å². The van der Waals surface area contributed by atoms with E-state index in [0.29, 0.717) is 5.88 Å². The van der Waals surface area contributed by atoms with E-state index < -0.39 is 24.0 Å². The van der Waals surface area contributed by atoms with Gasteiger partial charge in [-0.3, -0.25) is 4.79 Å². The Kier molecular flexibility index (Phi) is 4.27. The minimum atomic E-state index is -1.38. The second kappa shape index (κ2) is 5.50. The van der Waals surface area contributed by atoms with Crippen molar-refractivity contribution in [2.45, 2.75) is 19.1 Å². The van der Waals surface area contributed by atoms with E-state index in [-0.39, 0.29) is 5.69 Å². The number of aryl methyl sites for hydroxylation is 1.